The van der Waals surface area contributed by atoms with Gasteiger partial charge in [-0.05, 0) is 37.1 Å². The average molecular weight is 360 g/mol. The van der Waals surface area contributed by atoms with Crippen LogP contribution in [0.2, 0.25) is 0 Å². The van der Waals surface area contributed by atoms with Crippen LogP contribution in [-0.4, -0.2) is 34.9 Å². The van der Waals surface area contributed by atoms with E-state index in [1.54, 1.807) is 30.2 Å². The SMILES string of the molecule is CCOC(=O)C1=CN(C(=O)c2ccccc2)CCc2c1[nH]c1ccccc21. The van der Waals surface area contributed by atoms with Gasteiger partial charge in [-0.1, -0.05) is 36.4 Å². The maximum Gasteiger partial charge on any atom is 0.341 e. The van der Waals surface area contributed by atoms with Gasteiger partial charge in [0, 0.05) is 29.2 Å². The zero-order valence-corrected chi connectivity index (χ0v) is 15.1. The van der Waals surface area contributed by atoms with E-state index in [1.807, 2.05) is 42.5 Å². The van der Waals surface area contributed by atoms with Gasteiger partial charge in [0.25, 0.3) is 5.91 Å². The predicted molar refractivity (Wildman–Crippen MR) is 104 cm³/mol. The minimum absolute atomic E-state index is 0.133. The lowest BCUT2D eigenvalue weighted by Crippen LogP contribution is -2.28. The summed E-state index contributed by atoms with van der Waals surface area (Å²) in [4.78, 5) is 30.5. The zero-order valence-electron chi connectivity index (χ0n) is 15.1. The molecular formula is C22H20N2O3. The van der Waals surface area contributed by atoms with E-state index in [4.69, 9.17) is 4.74 Å². The lowest BCUT2D eigenvalue weighted by molar-refractivity contribution is -0.136. The van der Waals surface area contributed by atoms with Gasteiger partial charge in [-0.3, -0.25) is 4.79 Å². The Morgan fingerprint density at radius 1 is 1.07 bits per heavy atom. The van der Waals surface area contributed by atoms with Gasteiger partial charge in [0.2, 0.25) is 0 Å². The third-order valence-electron chi connectivity index (χ3n) is 4.75. The van der Waals surface area contributed by atoms with Gasteiger partial charge in [0.1, 0.15) is 0 Å². The van der Waals surface area contributed by atoms with Crippen molar-refractivity contribution in [1.29, 1.82) is 0 Å². The first-order valence-electron chi connectivity index (χ1n) is 9.04. The number of rotatable bonds is 3. The van der Waals surface area contributed by atoms with Crippen LogP contribution in [0.3, 0.4) is 0 Å². The summed E-state index contributed by atoms with van der Waals surface area (Å²) >= 11 is 0. The van der Waals surface area contributed by atoms with E-state index in [0.29, 0.717) is 24.1 Å². The highest BCUT2D eigenvalue weighted by Crippen LogP contribution is 2.31. The number of benzene rings is 2. The number of esters is 1. The number of hydrogen-bond acceptors (Lipinski definition) is 3. The standard InChI is InChI=1S/C22H20N2O3/c1-2-27-22(26)18-14-24(21(25)15-8-4-3-5-9-15)13-12-17-16-10-6-7-11-19(16)23-20(17)18/h3-11,14,23H,2,12-13H2,1H3. The molecule has 0 fully saturated rings. The highest BCUT2D eigenvalue weighted by atomic mass is 16.5. The number of fused-ring (bicyclic) bond motifs is 3. The Morgan fingerprint density at radius 3 is 2.59 bits per heavy atom. The lowest BCUT2D eigenvalue weighted by atomic mass is 10.0. The van der Waals surface area contributed by atoms with Crippen LogP contribution in [0.4, 0.5) is 0 Å². The number of aromatic amines is 1. The number of amides is 1. The number of para-hydroxylation sites is 1. The second-order valence-electron chi connectivity index (χ2n) is 6.40. The third-order valence-corrected chi connectivity index (χ3v) is 4.75. The van der Waals surface area contributed by atoms with Crippen LogP contribution < -0.4 is 0 Å². The number of hydrogen-bond donors (Lipinski definition) is 1. The predicted octanol–water partition coefficient (Wildman–Crippen LogP) is 3.77. The Balaban J connectivity index is 1.81. The van der Waals surface area contributed by atoms with Crippen molar-refractivity contribution >= 4 is 28.4 Å². The maximum atomic E-state index is 12.9. The molecule has 27 heavy (non-hydrogen) atoms. The summed E-state index contributed by atoms with van der Waals surface area (Å²) in [6.07, 6.45) is 2.27. The van der Waals surface area contributed by atoms with Crippen LogP contribution in [0.25, 0.3) is 16.5 Å². The van der Waals surface area contributed by atoms with Crippen molar-refractivity contribution in [3.8, 4) is 0 Å². The molecule has 5 nitrogen and oxygen atoms in total. The highest BCUT2D eigenvalue weighted by molar-refractivity contribution is 6.18. The molecule has 0 bridgehead atoms. The van der Waals surface area contributed by atoms with Crippen molar-refractivity contribution in [2.45, 2.75) is 13.3 Å². The molecule has 136 valence electrons. The maximum absolute atomic E-state index is 12.9. The normalized spacial score (nSPS) is 13.7. The van der Waals surface area contributed by atoms with Crippen LogP contribution in [0.1, 0.15) is 28.5 Å². The summed E-state index contributed by atoms with van der Waals surface area (Å²) in [6.45, 7) is 2.54. The molecule has 5 heteroatoms. The molecule has 0 saturated heterocycles. The highest BCUT2D eigenvalue weighted by Gasteiger charge is 2.27. The smallest absolute Gasteiger partial charge is 0.341 e. The van der Waals surface area contributed by atoms with E-state index in [1.165, 1.54) is 0 Å². The van der Waals surface area contributed by atoms with Crippen LogP contribution in [0, 0.1) is 0 Å². The van der Waals surface area contributed by atoms with Crippen molar-refractivity contribution in [1.82, 2.24) is 9.88 Å². The number of nitrogens with zero attached hydrogens (tertiary/aromatic N) is 1. The first-order chi connectivity index (χ1) is 13.2. The molecule has 0 atom stereocenters. The molecule has 4 rings (SSSR count). The fourth-order valence-corrected chi connectivity index (χ4v) is 3.48. The molecule has 0 saturated carbocycles. The first-order valence-corrected chi connectivity index (χ1v) is 9.04. The van der Waals surface area contributed by atoms with Crippen molar-refractivity contribution in [2.75, 3.05) is 13.2 Å². The second kappa shape index (κ2) is 7.11. The molecule has 0 aliphatic carbocycles. The number of aromatic nitrogens is 1. The molecule has 3 aromatic rings. The molecule has 0 unspecified atom stereocenters. The van der Waals surface area contributed by atoms with E-state index in [9.17, 15) is 9.59 Å². The second-order valence-corrected chi connectivity index (χ2v) is 6.40. The van der Waals surface area contributed by atoms with Gasteiger partial charge < -0.3 is 14.6 Å². The van der Waals surface area contributed by atoms with Crippen LogP contribution in [0.15, 0.2) is 60.8 Å². The number of carbonyl (C=O) groups is 2. The fourth-order valence-electron chi connectivity index (χ4n) is 3.48. The van der Waals surface area contributed by atoms with E-state index in [-0.39, 0.29) is 12.5 Å². The molecule has 2 aromatic carbocycles. The monoisotopic (exact) mass is 360 g/mol. The number of nitrogens with one attached hydrogen (secondary N) is 1. The lowest BCUT2D eigenvalue weighted by Gasteiger charge is -2.17. The summed E-state index contributed by atoms with van der Waals surface area (Å²) in [5, 5.41) is 1.07. The molecule has 0 radical (unpaired) electrons. The molecular weight excluding hydrogens is 340 g/mol. The summed E-state index contributed by atoms with van der Waals surface area (Å²) in [6, 6.07) is 17.0. The Hall–Kier alpha value is -3.34. The van der Waals surface area contributed by atoms with Gasteiger partial charge in [-0.2, -0.15) is 0 Å². The number of carbonyl (C=O) groups excluding carboxylic acids is 2. The molecule has 1 N–H and O–H groups in total. The third kappa shape index (κ3) is 3.12. The van der Waals surface area contributed by atoms with Gasteiger partial charge in [-0.25, -0.2) is 4.79 Å². The number of ether oxygens (including phenoxy) is 1. The summed E-state index contributed by atoms with van der Waals surface area (Å²) in [7, 11) is 0. The van der Waals surface area contributed by atoms with E-state index >= 15 is 0 Å². The minimum Gasteiger partial charge on any atom is -0.462 e. The van der Waals surface area contributed by atoms with Gasteiger partial charge in [-0.15, -0.1) is 0 Å². The van der Waals surface area contributed by atoms with E-state index < -0.39 is 5.97 Å². The topological polar surface area (TPSA) is 62.4 Å². The van der Waals surface area contributed by atoms with E-state index in [0.717, 1.165) is 22.2 Å². The van der Waals surface area contributed by atoms with Gasteiger partial charge in [0.15, 0.2) is 0 Å². The van der Waals surface area contributed by atoms with Crippen molar-refractivity contribution < 1.29 is 14.3 Å². The quantitative estimate of drug-likeness (QED) is 0.723. The Labute approximate surface area is 157 Å². The van der Waals surface area contributed by atoms with Crippen molar-refractivity contribution in [2.24, 2.45) is 0 Å². The Morgan fingerprint density at radius 2 is 1.81 bits per heavy atom. The molecule has 1 aliphatic heterocycles. The molecule has 2 heterocycles. The van der Waals surface area contributed by atoms with Crippen molar-refractivity contribution in [3.05, 3.63) is 77.6 Å². The largest absolute Gasteiger partial charge is 0.462 e. The van der Waals surface area contributed by atoms with Crippen LogP contribution in [-0.2, 0) is 16.0 Å². The van der Waals surface area contributed by atoms with Gasteiger partial charge >= 0.3 is 5.97 Å². The fraction of sp³-hybridized carbons (Fsp3) is 0.182. The Bertz CT molecular complexity index is 1030. The first kappa shape index (κ1) is 17.1. The summed E-state index contributed by atoms with van der Waals surface area (Å²) in [5.41, 5.74) is 3.71. The molecule has 1 amide bonds. The van der Waals surface area contributed by atoms with E-state index in [2.05, 4.69) is 4.98 Å². The summed E-state index contributed by atoms with van der Waals surface area (Å²) in [5.74, 6) is -0.565. The molecule has 1 aromatic heterocycles. The van der Waals surface area contributed by atoms with Crippen LogP contribution in [0.5, 0.6) is 0 Å². The number of H-pyrrole nitrogens is 1. The van der Waals surface area contributed by atoms with Crippen LogP contribution >= 0.6 is 0 Å². The molecule has 1 aliphatic rings. The minimum atomic E-state index is -0.432. The summed E-state index contributed by atoms with van der Waals surface area (Å²) < 4.78 is 5.26. The average Bonchev–Trinajstić information content (AvgIpc) is 2.96. The van der Waals surface area contributed by atoms with Crippen molar-refractivity contribution in [3.63, 3.8) is 0 Å². The zero-order chi connectivity index (χ0) is 18.8. The van der Waals surface area contributed by atoms with Gasteiger partial charge in [0.05, 0.1) is 17.9 Å². The Kier molecular flexibility index (Phi) is 4.50. The molecule has 0 spiro atoms.